The number of rotatable bonds is 8. The van der Waals surface area contributed by atoms with E-state index in [9.17, 15) is 59.7 Å². The number of fused-ring (bicyclic) bond motifs is 2. The van der Waals surface area contributed by atoms with Crippen molar-refractivity contribution in [3.8, 4) is 0 Å². The Kier molecular flexibility index (Phi) is 9.67. The molecule has 0 amide bonds. The van der Waals surface area contributed by atoms with E-state index in [0.717, 1.165) is 6.08 Å². The van der Waals surface area contributed by atoms with Gasteiger partial charge in [-0.15, -0.1) is 0 Å². The molecule has 18 heteroatoms. The van der Waals surface area contributed by atoms with E-state index >= 15 is 0 Å². The highest BCUT2D eigenvalue weighted by Crippen LogP contribution is 2.72. The molecule has 0 aromatic carbocycles. The number of hydrogen-bond acceptors (Lipinski definition) is 17. The van der Waals surface area contributed by atoms with Crippen LogP contribution in [0.25, 0.3) is 0 Å². The summed E-state index contributed by atoms with van der Waals surface area (Å²) in [6.45, 7) is 7.65. The molecule has 6 rings (SSSR count). The average molecular weight is 755 g/mol. The zero-order chi connectivity index (χ0) is 39.3. The van der Waals surface area contributed by atoms with E-state index < -0.39 is 144 Å². The van der Waals surface area contributed by atoms with Gasteiger partial charge in [-0.25, -0.2) is 14.4 Å². The Morgan fingerprint density at radius 1 is 1.02 bits per heavy atom. The predicted molar refractivity (Wildman–Crippen MR) is 170 cm³/mol. The van der Waals surface area contributed by atoms with E-state index in [1.165, 1.54) is 33.8 Å². The van der Waals surface area contributed by atoms with Gasteiger partial charge in [0, 0.05) is 30.3 Å². The first kappa shape index (κ1) is 39.2. The Hall–Kier alpha value is -3.49. The molecule has 53 heavy (non-hydrogen) atoms. The number of hydrogen-bond donors (Lipinski definition) is 7. The van der Waals surface area contributed by atoms with Crippen molar-refractivity contribution in [1.29, 1.82) is 0 Å². The number of ether oxygens (including phenoxy) is 6. The summed E-state index contributed by atoms with van der Waals surface area (Å²) in [4.78, 5) is 65.8. The number of aliphatic hydroxyl groups excluding tert-OH is 6. The lowest BCUT2D eigenvalue weighted by Gasteiger charge is -2.67. The summed E-state index contributed by atoms with van der Waals surface area (Å²) in [6, 6.07) is 0. The van der Waals surface area contributed by atoms with Crippen molar-refractivity contribution in [3.63, 3.8) is 0 Å². The molecule has 3 aliphatic carbocycles. The topological polar surface area (TPSA) is 282 Å². The van der Waals surface area contributed by atoms with Crippen LogP contribution < -0.4 is 0 Å². The maximum Gasteiger partial charge on any atom is 0.348 e. The molecule has 1 spiro atoms. The van der Waals surface area contributed by atoms with Crippen molar-refractivity contribution in [3.05, 3.63) is 23.5 Å². The summed E-state index contributed by atoms with van der Waals surface area (Å²) in [5, 5.41) is 75.3. The highest BCUT2D eigenvalue weighted by molar-refractivity contribution is 5.97. The predicted octanol–water partition coefficient (Wildman–Crippen LogP) is -2.14. The van der Waals surface area contributed by atoms with Gasteiger partial charge in [0.2, 0.25) is 18.0 Å². The quantitative estimate of drug-likeness (QED) is 0.0791. The second-order valence-corrected chi connectivity index (χ2v) is 15.8. The SMILES string of the molecule is CC(=O)OC(C)(C)/C(C)=C/C(=O)O[C@H]1C(=O)O[C@@H]2C[C@H]3[C@H](C)C(=O)C(O[C@@H]4O[C@H](CO)[C@@H](O)[C@H](O)[C@H]4O)=C[C@]3(C)[C@H]3[C@@H](O)[C@H](O)[C@]4(C(=O)O)OC[C@]32[C@@H]14. The smallest absolute Gasteiger partial charge is 0.348 e. The Labute approximate surface area is 303 Å². The van der Waals surface area contributed by atoms with Crippen LogP contribution in [0.1, 0.15) is 48.0 Å². The van der Waals surface area contributed by atoms with Crippen molar-refractivity contribution in [2.24, 2.45) is 34.5 Å². The maximum atomic E-state index is 13.8. The number of carboxylic acids is 1. The Bertz CT molecular complexity index is 1640. The molecule has 0 aromatic rings. The lowest BCUT2D eigenvalue weighted by Crippen LogP contribution is -2.79. The Morgan fingerprint density at radius 2 is 1.68 bits per heavy atom. The number of allylic oxidation sites excluding steroid dienone is 2. The highest BCUT2D eigenvalue weighted by atomic mass is 16.7. The number of ketones is 1. The molecular formula is C35H46O18. The van der Waals surface area contributed by atoms with Crippen LogP contribution in [-0.2, 0) is 52.4 Å². The first-order valence-corrected chi connectivity index (χ1v) is 17.4. The van der Waals surface area contributed by atoms with Gasteiger partial charge in [0.1, 0.15) is 42.2 Å². The number of carbonyl (C=O) groups is 5. The molecule has 2 bridgehead atoms. The van der Waals surface area contributed by atoms with Crippen LogP contribution in [0.5, 0.6) is 0 Å². The molecule has 7 N–H and O–H groups in total. The van der Waals surface area contributed by atoms with Gasteiger partial charge in [-0.1, -0.05) is 13.8 Å². The van der Waals surface area contributed by atoms with Gasteiger partial charge in [-0.2, -0.15) is 0 Å². The minimum Gasteiger partial charge on any atom is -0.479 e. The molecule has 18 nitrogen and oxygen atoms in total. The lowest BCUT2D eigenvalue weighted by molar-refractivity contribution is -0.296. The molecule has 294 valence electrons. The molecular weight excluding hydrogens is 708 g/mol. The van der Waals surface area contributed by atoms with Gasteiger partial charge < -0.3 is 64.2 Å². The first-order chi connectivity index (χ1) is 24.6. The number of aliphatic hydroxyl groups is 6. The monoisotopic (exact) mass is 754 g/mol. The number of carboxylic acid groups (broad SMARTS) is 1. The van der Waals surface area contributed by atoms with Gasteiger partial charge in [-0.3, -0.25) is 9.59 Å². The second-order valence-electron chi connectivity index (χ2n) is 15.8. The number of Topliss-reactive ketones (excluding diaryl/α,β-unsaturated/α-hetero) is 1. The van der Waals surface area contributed by atoms with Crippen LogP contribution in [0, 0.1) is 34.5 Å². The van der Waals surface area contributed by atoms with E-state index in [1.807, 2.05) is 0 Å². The van der Waals surface area contributed by atoms with Gasteiger partial charge >= 0.3 is 23.9 Å². The van der Waals surface area contributed by atoms with Crippen LogP contribution in [0.2, 0.25) is 0 Å². The first-order valence-electron chi connectivity index (χ1n) is 17.4. The third-order valence-electron chi connectivity index (χ3n) is 12.7. The summed E-state index contributed by atoms with van der Waals surface area (Å²) >= 11 is 0. The summed E-state index contributed by atoms with van der Waals surface area (Å²) in [5.74, 6) is -10.1. The largest absolute Gasteiger partial charge is 0.479 e. The number of esters is 3. The summed E-state index contributed by atoms with van der Waals surface area (Å²) in [6.07, 6.45) is -13.5. The summed E-state index contributed by atoms with van der Waals surface area (Å²) in [7, 11) is 0. The van der Waals surface area contributed by atoms with Gasteiger partial charge in [0.15, 0.2) is 11.5 Å². The third-order valence-corrected chi connectivity index (χ3v) is 12.7. The van der Waals surface area contributed by atoms with E-state index in [1.54, 1.807) is 13.8 Å². The average Bonchev–Trinajstić information content (AvgIpc) is 3.38. The fraction of sp³-hybridized carbons (Fsp3) is 0.743. The zero-order valence-corrected chi connectivity index (χ0v) is 29.9. The maximum absolute atomic E-state index is 13.8. The van der Waals surface area contributed by atoms with Crippen molar-refractivity contribution < 1.29 is 88.1 Å². The number of carbonyl (C=O) groups excluding carboxylic acids is 4. The molecule has 6 aliphatic rings. The molecule has 0 aromatic heterocycles. The van der Waals surface area contributed by atoms with Gasteiger partial charge in [0.05, 0.1) is 25.2 Å². The zero-order valence-electron chi connectivity index (χ0n) is 29.9. The highest BCUT2D eigenvalue weighted by Gasteiger charge is 2.85. The second kappa shape index (κ2) is 13.1. The van der Waals surface area contributed by atoms with E-state index in [4.69, 9.17) is 28.4 Å². The van der Waals surface area contributed by atoms with Crippen LogP contribution >= 0.6 is 0 Å². The van der Waals surface area contributed by atoms with E-state index in [0.29, 0.717) is 0 Å². The standard InChI is InChI=1S/C35H46O18/c1-12(32(4,5)53-14(3)37)7-19(38)52-25-27-34-11-48-35(27,31(46)47)28(44)24(43)26(34)33(6)9-16(20(39)13(2)15(33)8-18(34)51-29(25)45)49-30-23(42)22(41)21(40)17(10-36)50-30/h7,9,13,15,17-18,21-28,30,36,40-44H,8,10-11H2,1-6H3,(H,46,47)/b12-7+/t13-,15-,17+,18+,21+,22-,23+,24+,25+,26+,27+,28-,30+,33-,34+,35+/m0/s1. The summed E-state index contributed by atoms with van der Waals surface area (Å²) in [5.41, 5.74) is -6.73. The Balaban J connectivity index is 1.44. The van der Waals surface area contributed by atoms with Gasteiger partial charge in [-0.05, 0) is 50.2 Å². The Morgan fingerprint density at radius 3 is 2.28 bits per heavy atom. The van der Waals surface area contributed by atoms with Crippen LogP contribution in [0.3, 0.4) is 0 Å². The number of aliphatic carboxylic acids is 1. The molecule has 0 radical (unpaired) electrons. The van der Waals surface area contributed by atoms with Crippen LogP contribution in [-0.4, -0.2) is 145 Å². The lowest BCUT2D eigenvalue weighted by atomic mass is 9.38. The molecule has 16 atom stereocenters. The van der Waals surface area contributed by atoms with Crippen LogP contribution in [0.4, 0.5) is 0 Å². The summed E-state index contributed by atoms with van der Waals surface area (Å²) < 4.78 is 34.1. The van der Waals surface area contributed by atoms with Crippen molar-refractivity contribution >= 4 is 29.7 Å². The molecule has 3 aliphatic heterocycles. The molecule has 5 fully saturated rings. The molecule has 0 unspecified atom stereocenters. The van der Waals surface area contributed by atoms with E-state index in [-0.39, 0.29) is 17.8 Å². The van der Waals surface area contributed by atoms with Crippen molar-refractivity contribution in [1.82, 2.24) is 0 Å². The van der Waals surface area contributed by atoms with Crippen molar-refractivity contribution in [2.75, 3.05) is 13.2 Å². The van der Waals surface area contributed by atoms with Crippen LogP contribution in [0.15, 0.2) is 23.5 Å². The fourth-order valence-electron chi connectivity index (χ4n) is 9.98. The normalized spacial score (nSPS) is 46.3. The van der Waals surface area contributed by atoms with E-state index in [2.05, 4.69) is 0 Å². The molecule has 3 heterocycles. The van der Waals surface area contributed by atoms with Crippen molar-refractivity contribution in [2.45, 2.75) is 114 Å². The minimum absolute atomic E-state index is 0.0515. The fourth-order valence-corrected chi connectivity index (χ4v) is 9.98. The third kappa shape index (κ3) is 5.55. The minimum atomic E-state index is -2.66. The molecule has 2 saturated carbocycles. The molecule has 3 saturated heterocycles. The van der Waals surface area contributed by atoms with Gasteiger partial charge in [0.25, 0.3) is 0 Å².